The second-order valence-electron chi connectivity index (χ2n) is 3.19. The number of nitro benzene ring substituents is 1. The monoisotopic (exact) mass is 222 g/mol. The Morgan fingerprint density at radius 3 is 2.69 bits per heavy atom. The first-order chi connectivity index (χ1) is 7.41. The van der Waals surface area contributed by atoms with Gasteiger partial charge in [0.25, 0.3) is 5.69 Å². The quantitative estimate of drug-likeness (QED) is 0.349. The zero-order chi connectivity index (χ0) is 12.3. The highest BCUT2D eigenvalue weighted by molar-refractivity contribution is 5.87. The molecule has 0 bridgehead atoms. The molecule has 0 radical (unpaired) electrons. The second kappa shape index (κ2) is 4.43. The van der Waals surface area contributed by atoms with Crippen molar-refractivity contribution in [1.29, 1.82) is 0 Å². The van der Waals surface area contributed by atoms with Crippen LogP contribution in [0.2, 0.25) is 0 Å². The van der Waals surface area contributed by atoms with Crippen LogP contribution in [0, 0.1) is 17.0 Å². The van der Waals surface area contributed by atoms with Gasteiger partial charge in [-0.1, -0.05) is 0 Å². The summed E-state index contributed by atoms with van der Waals surface area (Å²) in [5.74, 6) is -1.14. The van der Waals surface area contributed by atoms with Crippen molar-refractivity contribution in [3.63, 3.8) is 0 Å². The molecule has 1 aromatic rings. The highest BCUT2D eigenvalue weighted by Crippen LogP contribution is 2.25. The number of anilines is 1. The minimum atomic E-state index is -1.14. The van der Waals surface area contributed by atoms with E-state index in [9.17, 15) is 14.9 Å². The van der Waals surface area contributed by atoms with Gasteiger partial charge >= 0.3 is 5.97 Å². The number of benzene rings is 1. The van der Waals surface area contributed by atoms with E-state index in [0.717, 1.165) is 6.08 Å². The van der Waals surface area contributed by atoms with Crippen molar-refractivity contribution in [3.8, 4) is 0 Å². The molecule has 0 heterocycles. The van der Waals surface area contributed by atoms with Crippen LogP contribution in [0.5, 0.6) is 0 Å². The summed E-state index contributed by atoms with van der Waals surface area (Å²) >= 11 is 0. The van der Waals surface area contributed by atoms with E-state index in [0.29, 0.717) is 16.8 Å². The van der Waals surface area contributed by atoms with Crippen LogP contribution < -0.4 is 5.73 Å². The average molecular weight is 222 g/mol. The molecule has 0 unspecified atom stereocenters. The Labute approximate surface area is 91.2 Å². The highest BCUT2D eigenvalue weighted by Gasteiger charge is 2.10. The predicted octanol–water partition coefficient (Wildman–Crippen LogP) is 1.58. The SMILES string of the molecule is Cc1cc([N+](=O)[O-])cc(C=CC(=O)O)c1N. The number of carboxylic acids is 1. The summed E-state index contributed by atoms with van der Waals surface area (Å²) in [7, 11) is 0. The van der Waals surface area contributed by atoms with Gasteiger partial charge in [0.15, 0.2) is 0 Å². The van der Waals surface area contributed by atoms with Crippen molar-refractivity contribution in [2.45, 2.75) is 6.92 Å². The fourth-order valence-electron chi connectivity index (χ4n) is 1.21. The summed E-state index contributed by atoms with van der Waals surface area (Å²) in [5.41, 5.74) is 6.76. The molecule has 84 valence electrons. The van der Waals surface area contributed by atoms with Crippen molar-refractivity contribution in [2.75, 3.05) is 5.73 Å². The molecule has 0 saturated heterocycles. The molecule has 16 heavy (non-hydrogen) atoms. The maximum atomic E-state index is 10.6. The standard InChI is InChI=1S/C10H10N2O4/c1-6-4-8(12(15)16)5-7(10(6)11)2-3-9(13)14/h2-5H,11H2,1H3,(H,13,14). The number of nitro groups is 1. The van der Waals surface area contributed by atoms with Gasteiger partial charge in [0.1, 0.15) is 0 Å². The summed E-state index contributed by atoms with van der Waals surface area (Å²) in [6.45, 7) is 1.63. The lowest BCUT2D eigenvalue weighted by molar-refractivity contribution is -0.384. The molecular weight excluding hydrogens is 212 g/mol. The number of carbonyl (C=O) groups is 1. The fourth-order valence-corrected chi connectivity index (χ4v) is 1.21. The third-order valence-electron chi connectivity index (χ3n) is 2.02. The molecule has 0 fully saturated rings. The topological polar surface area (TPSA) is 106 Å². The van der Waals surface area contributed by atoms with Crippen LogP contribution in [0.1, 0.15) is 11.1 Å². The smallest absolute Gasteiger partial charge is 0.328 e. The Hall–Kier alpha value is -2.37. The highest BCUT2D eigenvalue weighted by atomic mass is 16.6. The molecule has 0 aliphatic carbocycles. The van der Waals surface area contributed by atoms with E-state index in [4.69, 9.17) is 10.8 Å². The third-order valence-corrected chi connectivity index (χ3v) is 2.02. The Balaban J connectivity index is 3.27. The van der Waals surface area contributed by atoms with E-state index in [-0.39, 0.29) is 5.69 Å². The summed E-state index contributed by atoms with van der Waals surface area (Å²) in [5, 5.41) is 19.0. The van der Waals surface area contributed by atoms with E-state index in [1.54, 1.807) is 6.92 Å². The van der Waals surface area contributed by atoms with Crippen LogP contribution in [-0.4, -0.2) is 16.0 Å². The number of hydrogen-bond donors (Lipinski definition) is 2. The molecule has 1 aromatic carbocycles. The van der Waals surface area contributed by atoms with E-state index < -0.39 is 10.9 Å². The van der Waals surface area contributed by atoms with Gasteiger partial charge in [-0.2, -0.15) is 0 Å². The summed E-state index contributed by atoms with van der Waals surface area (Å²) in [6, 6.07) is 2.58. The van der Waals surface area contributed by atoms with E-state index >= 15 is 0 Å². The van der Waals surface area contributed by atoms with E-state index in [1.165, 1.54) is 18.2 Å². The van der Waals surface area contributed by atoms with Gasteiger partial charge < -0.3 is 10.8 Å². The van der Waals surface area contributed by atoms with E-state index in [1.807, 2.05) is 0 Å². The van der Waals surface area contributed by atoms with Gasteiger partial charge in [-0.15, -0.1) is 0 Å². The number of nitrogen functional groups attached to an aromatic ring is 1. The number of non-ortho nitro benzene ring substituents is 1. The minimum Gasteiger partial charge on any atom is -0.478 e. The van der Waals surface area contributed by atoms with Crippen LogP contribution in [0.4, 0.5) is 11.4 Å². The molecule has 3 N–H and O–H groups in total. The second-order valence-corrected chi connectivity index (χ2v) is 3.19. The molecule has 0 spiro atoms. The molecule has 6 nitrogen and oxygen atoms in total. The normalized spacial score (nSPS) is 10.6. The number of aliphatic carboxylic acids is 1. The van der Waals surface area contributed by atoms with E-state index in [2.05, 4.69) is 0 Å². The Morgan fingerprint density at radius 2 is 2.19 bits per heavy atom. The Morgan fingerprint density at radius 1 is 1.56 bits per heavy atom. The van der Waals surface area contributed by atoms with Gasteiger partial charge in [0.05, 0.1) is 4.92 Å². The number of carboxylic acid groups (broad SMARTS) is 1. The summed E-state index contributed by atoms with van der Waals surface area (Å²) in [6.07, 6.45) is 2.12. The van der Waals surface area contributed by atoms with Crippen LogP contribution in [0.15, 0.2) is 18.2 Å². The number of rotatable bonds is 3. The third kappa shape index (κ3) is 2.57. The largest absolute Gasteiger partial charge is 0.478 e. The molecule has 1 rings (SSSR count). The van der Waals surface area contributed by atoms with Crippen molar-refractivity contribution >= 4 is 23.4 Å². The van der Waals surface area contributed by atoms with Crippen molar-refractivity contribution in [1.82, 2.24) is 0 Å². The first-order valence-corrected chi connectivity index (χ1v) is 4.37. The Kier molecular flexibility index (Phi) is 3.24. The number of aryl methyl sites for hydroxylation is 1. The zero-order valence-corrected chi connectivity index (χ0v) is 8.51. The molecule has 6 heteroatoms. The van der Waals surface area contributed by atoms with Crippen molar-refractivity contribution in [2.24, 2.45) is 0 Å². The lowest BCUT2D eigenvalue weighted by Crippen LogP contribution is -1.97. The van der Waals surface area contributed by atoms with Crippen molar-refractivity contribution in [3.05, 3.63) is 39.4 Å². The molecular formula is C10H10N2O4. The van der Waals surface area contributed by atoms with Gasteiger partial charge in [-0.3, -0.25) is 10.1 Å². The Bertz CT molecular complexity index is 480. The number of nitrogens with two attached hydrogens (primary N) is 1. The van der Waals surface area contributed by atoms with Crippen molar-refractivity contribution < 1.29 is 14.8 Å². The predicted molar refractivity (Wildman–Crippen MR) is 58.9 cm³/mol. The van der Waals surface area contributed by atoms with Crippen LogP contribution >= 0.6 is 0 Å². The maximum absolute atomic E-state index is 10.6. The van der Waals surface area contributed by atoms with Crippen LogP contribution in [-0.2, 0) is 4.79 Å². The van der Waals surface area contributed by atoms with Gasteiger partial charge in [-0.25, -0.2) is 4.79 Å². The minimum absolute atomic E-state index is 0.114. The summed E-state index contributed by atoms with van der Waals surface area (Å²) in [4.78, 5) is 20.4. The average Bonchev–Trinajstić information content (AvgIpc) is 2.19. The molecule has 0 atom stereocenters. The van der Waals surface area contributed by atoms with Gasteiger partial charge in [0, 0.05) is 29.5 Å². The molecule has 0 saturated carbocycles. The molecule has 0 aliphatic rings. The zero-order valence-electron chi connectivity index (χ0n) is 8.51. The summed E-state index contributed by atoms with van der Waals surface area (Å²) < 4.78 is 0. The number of nitrogens with zero attached hydrogens (tertiary/aromatic N) is 1. The van der Waals surface area contributed by atoms with Gasteiger partial charge in [-0.05, 0) is 18.6 Å². The first kappa shape index (κ1) is 11.7. The lowest BCUT2D eigenvalue weighted by atomic mass is 10.1. The van der Waals surface area contributed by atoms with Crippen LogP contribution in [0.25, 0.3) is 6.08 Å². The molecule has 0 aliphatic heterocycles. The number of hydrogen-bond acceptors (Lipinski definition) is 4. The molecule has 0 amide bonds. The maximum Gasteiger partial charge on any atom is 0.328 e. The lowest BCUT2D eigenvalue weighted by Gasteiger charge is -2.04. The van der Waals surface area contributed by atoms with Crippen LogP contribution in [0.3, 0.4) is 0 Å². The first-order valence-electron chi connectivity index (χ1n) is 4.37. The molecule has 0 aromatic heterocycles. The van der Waals surface area contributed by atoms with Gasteiger partial charge in [0.2, 0.25) is 0 Å². The fraction of sp³-hybridized carbons (Fsp3) is 0.100.